The van der Waals surface area contributed by atoms with Crippen molar-refractivity contribution < 1.29 is 13.2 Å². The summed E-state index contributed by atoms with van der Waals surface area (Å²) in [6.45, 7) is 2.03. The first-order valence-corrected chi connectivity index (χ1v) is 11.0. The van der Waals surface area contributed by atoms with Crippen LogP contribution in [0.4, 0.5) is 10.2 Å². The van der Waals surface area contributed by atoms with Gasteiger partial charge < -0.3 is 4.90 Å². The summed E-state index contributed by atoms with van der Waals surface area (Å²) in [6, 6.07) is 13.1. The molecule has 9 heteroatoms. The van der Waals surface area contributed by atoms with Gasteiger partial charge in [-0.2, -0.15) is 4.68 Å². The van der Waals surface area contributed by atoms with Crippen molar-refractivity contribution in [1.29, 1.82) is 0 Å². The van der Waals surface area contributed by atoms with Gasteiger partial charge in [0.05, 0.1) is 11.1 Å². The van der Waals surface area contributed by atoms with Crippen molar-refractivity contribution in [3.63, 3.8) is 0 Å². The lowest BCUT2D eigenvalue weighted by atomic mass is 9.94. The zero-order valence-electron chi connectivity index (χ0n) is 16.3. The minimum absolute atomic E-state index is 0.246. The van der Waals surface area contributed by atoms with E-state index in [0.717, 1.165) is 43.6 Å². The maximum atomic E-state index is 13.4. The number of hydrogen-bond acceptors (Lipinski definition) is 4. The Morgan fingerprint density at radius 1 is 1.17 bits per heavy atom. The lowest BCUT2D eigenvalue weighted by molar-refractivity contribution is 0.388. The average molecular weight is 431 g/mol. The minimum Gasteiger partial charge on any atom is -0.354 e. The Kier molecular flexibility index (Phi) is 6.21. The summed E-state index contributed by atoms with van der Waals surface area (Å²) in [4.78, 5) is 15.2. The van der Waals surface area contributed by atoms with Crippen LogP contribution in [-0.4, -0.2) is 38.2 Å². The molecule has 30 heavy (non-hydrogen) atoms. The molecule has 0 amide bonds. The first kappa shape index (κ1) is 20.6. The molecule has 1 saturated heterocycles. The van der Waals surface area contributed by atoms with Gasteiger partial charge in [0.2, 0.25) is 11.3 Å². The van der Waals surface area contributed by atoms with E-state index in [0.29, 0.717) is 23.5 Å². The van der Waals surface area contributed by atoms with Crippen molar-refractivity contribution in [3.8, 4) is 5.69 Å². The number of fused-ring (bicyclic) bond motifs is 1. The van der Waals surface area contributed by atoms with Crippen molar-refractivity contribution in [1.82, 2.24) is 14.5 Å². The van der Waals surface area contributed by atoms with E-state index >= 15 is 0 Å². The highest BCUT2D eigenvalue weighted by molar-refractivity contribution is 7.77. The molecule has 158 valence electrons. The van der Waals surface area contributed by atoms with Crippen LogP contribution in [0, 0.1) is 11.7 Å². The molecule has 3 aromatic rings. The highest BCUT2D eigenvalue weighted by atomic mass is 32.2. The Bertz CT molecular complexity index is 1120. The lowest BCUT2D eigenvalue weighted by Crippen LogP contribution is -2.38. The van der Waals surface area contributed by atoms with E-state index in [1.165, 1.54) is 16.8 Å². The number of aromatic nitrogens is 2. The monoisotopic (exact) mass is 430 g/mol. The van der Waals surface area contributed by atoms with Crippen LogP contribution >= 0.6 is 0 Å². The maximum Gasteiger partial charge on any atom is 0.279 e. The third kappa shape index (κ3) is 4.43. The van der Waals surface area contributed by atoms with Gasteiger partial charge in [-0.3, -0.25) is 9.35 Å². The topological polar surface area (TPSA) is 87.5 Å². The SMILES string of the molecule is O=c1c2ccccc2c(N2CCC[C@H](CCNS(=O)O)C2)nn1-c1ccc(F)cc1. The fourth-order valence-corrected chi connectivity index (χ4v) is 4.30. The second-order valence-corrected chi connectivity index (χ2v) is 8.24. The summed E-state index contributed by atoms with van der Waals surface area (Å²) >= 11 is -2.00. The van der Waals surface area contributed by atoms with Crippen LogP contribution < -0.4 is 15.2 Å². The Morgan fingerprint density at radius 2 is 1.90 bits per heavy atom. The van der Waals surface area contributed by atoms with Gasteiger partial charge in [-0.25, -0.2) is 13.3 Å². The van der Waals surface area contributed by atoms with Crippen molar-refractivity contribution in [2.45, 2.75) is 19.3 Å². The van der Waals surface area contributed by atoms with Crippen LogP contribution in [0.1, 0.15) is 19.3 Å². The lowest BCUT2D eigenvalue weighted by Gasteiger charge is -2.34. The molecule has 0 aliphatic carbocycles. The van der Waals surface area contributed by atoms with E-state index in [1.54, 1.807) is 18.2 Å². The summed E-state index contributed by atoms with van der Waals surface area (Å²) in [5.41, 5.74) is 0.265. The van der Waals surface area contributed by atoms with Gasteiger partial charge in [0.25, 0.3) is 5.56 Å². The molecule has 4 rings (SSSR count). The van der Waals surface area contributed by atoms with Crippen LogP contribution in [0.5, 0.6) is 0 Å². The van der Waals surface area contributed by atoms with Crippen molar-refractivity contribution in [2.24, 2.45) is 5.92 Å². The number of nitrogens with zero attached hydrogens (tertiary/aromatic N) is 3. The zero-order chi connectivity index (χ0) is 21.1. The predicted octanol–water partition coefficient (Wildman–Crippen LogP) is 2.86. The zero-order valence-corrected chi connectivity index (χ0v) is 17.1. The minimum atomic E-state index is -2.00. The van der Waals surface area contributed by atoms with Gasteiger partial charge in [-0.1, -0.05) is 18.2 Å². The maximum absolute atomic E-state index is 13.4. The molecule has 1 unspecified atom stereocenters. The van der Waals surface area contributed by atoms with E-state index in [2.05, 4.69) is 14.7 Å². The molecule has 0 spiro atoms. The summed E-state index contributed by atoms with van der Waals surface area (Å²) in [6.07, 6.45) is 2.78. The van der Waals surface area contributed by atoms with E-state index in [1.807, 2.05) is 18.2 Å². The van der Waals surface area contributed by atoms with E-state index < -0.39 is 11.3 Å². The van der Waals surface area contributed by atoms with E-state index in [-0.39, 0.29) is 11.4 Å². The number of rotatable bonds is 6. The average Bonchev–Trinajstić information content (AvgIpc) is 2.75. The van der Waals surface area contributed by atoms with Crippen molar-refractivity contribution in [2.75, 3.05) is 24.5 Å². The van der Waals surface area contributed by atoms with Gasteiger partial charge >= 0.3 is 0 Å². The predicted molar refractivity (Wildman–Crippen MR) is 116 cm³/mol. The Balaban J connectivity index is 1.71. The standard InChI is InChI=1S/C21H23FN4O3S/c22-16-7-9-17(10-8-16)26-21(27)19-6-2-1-5-18(19)20(24-26)25-13-3-4-15(14-25)11-12-23-30(28)29/h1-2,5-10,15,23H,3-4,11-14H2,(H,28,29)/t15-/m1/s1. The molecule has 7 nitrogen and oxygen atoms in total. The summed E-state index contributed by atoms with van der Waals surface area (Å²) < 4.78 is 37.0. The Hall–Kier alpha value is -2.62. The fourth-order valence-electron chi connectivity index (χ4n) is 4.01. The van der Waals surface area contributed by atoms with E-state index in [4.69, 9.17) is 4.55 Å². The molecule has 2 N–H and O–H groups in total. The molecule has 2 atom stereocenters. The number of halogens is 1. The Labute approximate surface area is 175 Å². The molecule has 1 fully saturated rings. The number of anilines is 1. The number of benzene rings is 2. The van der Waals surface area contributed by atoms with Gasteiger partial charge in [-0.05, 0) is 55.5 Å². The molecule has 1 aliphatic rings. The van der Waals surface area contributed by atoms with Crippen LogP contribution in [0.25, 0.3) is 16.5 Å². The van der Waals surface area contributed by atoms with Gasteiger partial charge in [0.1, 0.15) is 5.82 Å². The quantitative estimate of drug-likeness (QED) is 0.587. The van der Waals surface area contributed by atoms with E-state index in [9.17, 15) is 13.4 Å². The molecule has 1 aromatic heterocycles. The van der Waals surface area contributed by atoms with Crippen LogP contribution in [0.3, 0.4) is 0 Å². The Morgan fingerprint density at radius 3 is 2.63 bits per heavy atom. The van der Waals surface area contributed by atoms with Crippen LogP contribution in [0.2, 0.25) is 0 Å². The highest BCUT2D eigenvalue weighted by Crippen LogP contribution is 2.28. The molecule has 2 heterocycles. The summed E-state index contributed by atoms with van der Waals surface area (Å²) in [5, 5.41) is 6.02. The number of nitrogens with one attached hydrogen (secondary N) is 1. The first-order valence-electron chi connectivity index (χ1n) is 9.90. The molecule has 1 aliphatic heterocycles. The second kappa shape index (κ2) is 9.03. The molecule has 0 bridgehead atoms. The van der Waals surface area contributed by atoms with Crippen molar-refractivity contribution in [3.05, 3.63) is 64.7 Å². The largest absolute Gasteiger partial charge is 0.354 e. The van der Waals surface area contributed by atoms with Gasteiger partial charge in [0.15, 0.2) is 5.82 Å². The normalized spacial score (nSPS) is 17.9. The summed E-state index contributed by atoms with van der Waals surface area (Å²) in [5.74, 6) is 0.698. The number of hydrogen-bond donors (Lipinski definition) is 2. The smallest absolute Gasteiger partial charge is 0.279 e. The molecule has 2 aromatic carbocycles. The third-order valence-corrected chi connectivity index (χ3v) is 5.90. The fraction of sp³-hybridized carbons (Fsp3) is 0.333. The molecule has 0 saturated carbocycles. The van der Waals surface area contributed by atoms with Crippen LogP contribution in [-0.2, 0) is 11.3 Å². The molecule has 0 radical (unpaired) electrons. The van der Waals surface area contributed by atoms with Crippen LogP contribution in [0.15, 0.2) is 53.3 Å². The molecular formula is C21H23FN4O3S. The third-order valence-electron chi connectivity index (χ3n) is 5.45. The highest BCUT2D eigenvalue weighted by Gasteiger charge is 2.24. The molecular weight excluding hydrogens is 407 g/mol. The number of piperidine rings is 1. The van der Waals surface area contributed by atoms with Gasteiger partial charge in [-0.15, -0.1) is 5.10 Å². The van der Waals surface area contributed by atoms with Crippen molar-refractivity contribution >= 4 is 27.9 Å². The second-order valence-electron chi connectivity index (χ2n) is 7.45. The first-order chi connectivity index (χ1) is 14.5. The van der Waals surface area contributed by atoms with Gasteiger partial charge in [0, 0.05) is 25.0 Å². The summed E-state index contributed by atoms with van der Waals surface area (Å²) in [7, 11) is 0.